The van der Waals surface area contributed by atoms with Crippen molar-refractivity contribution in [3.63, 3.8) is 0 Å². The van der Waals surface area contributed by atoms with Gasteiger partial charge in [0, 0.05) is 0 Å². The molecule has 0 aliphatic rings. The third kappa shape index (κ3) is 27.6. The molecular weight excluding hydrogens is 446 g/mol. The van der Waals surface area contributed by atoms with Gasteiger partial charge in [0.2, 0.25) is 0 Å². The van der Waals surface area contributed by atoms with Crippen molar-refractivity contribution >= 4 is 0 Å². The van der Waals surface area contributed by atoms with E-state index in [9.17, 15) is 10.2 Å². The van der Waals surface area contributed by atoms with Crippen molar-refractivity contribution in [2.24, 2.45) is 0 Å². The summed E-state index contributed by atoms with van der Waals surface area (Å²) in [5.41, 5.74) is 0. The molecule has 33 heavy (non-hydrogen) atoms. The van der Waals surface area contributed by atoms with Gasteiger partial charge in [0.05, 0.1) is 119 Å². The second kappa shape index (κ2) is 27.7. The van der Waals surface area contributed by atoms with Crippen molar-refractivity contribution in [3.05, 3.63) is 0 Å². The normalized spacial score (nSPS) is 13.5. The topological polar surface area (TPSA) is 167 Å². The third-order valence-corrected chi connectivity index (χ3v) is 3.64. The lowest BCUT2D eigenvalue weighted by atomic mass is 10.5. The van der Waals surface area contributed by atoms with Crippen LogP contribution >= 0.6 is 0 Å². The van der Waals surface area contributed by atoms with Gasteiger partial charge in [-0.3, -0.25) is 5.32 Å². The third-order valence-electron chi connectivity index (χ3n) is 3.64. The Morgan fingerprint density at radius 2 is 0.636 bits per heavy atom. The van der Waals surface area contributed by atoms with Gasteiger partial charge >= 0.3 is 0 Å². The molecule has 5 N–H and O–H groups in total. The number of rotatable bonds is 28. The van der Waals surface area contributed by atoms with Crippen molar-refractivity contribution in [1.29, 1.82) is 0 Å². The fourth-order valence-electron chi connectivity index (χ4n) is 2.16. The summed E-state index contributed by atoms with van der Waals surface area (Å²) in [5.74, 6) is 0. The highest BCUT2D eigenvalue weighted by molar-refractivity contribution is 4.56. The van der Waals surface area contributed by atoms with E-state index in [0.29, 0.717) is 92.5 Å². The molecule has 0 aliphatic heterocycles. The van der Waals surface area contributed by atoms with Crippen LogP contribution in [0.1, 0.15) is 0 Å². The van der Waals surface area contributed by atoms with E-state index in [2.05, 4.69) is 5.32 Å². The highest BCUT2D eigenvalue weighted by Gasteiger charge is 2.10. The minimum absolute atomic E-state index is 0.00180. The van der Waals surface area contributed by atoms with Gasteiger partial charge in [-0.05, 0) is 0 Å². The first-order valence-electron chi connectivity index (χ1n) is 11.2. The second-order valence-corrected chi connectivity index (χ2v) is 6.47. The number of hydrogen-bond donors (Lipinski definition) is 5. The van der Waals surface area contributed by atoms with Crippen LogP contribution in [-0.4, -0.2) is 152 Å². The minimum atomic E-state index is -1.04. The largest absolute Gasteiger partial charge is 0.394 e. The molecule has 13 heteroatoms. The molecule has 0 saturated heterocycles. The van der Waals surface area contributed by atoms with E-state index >= 15 is 0 Å². The van der Waals surface area contributed by atoms with Gasteiger partial charge in [-0.15, -0.1) is 0 Å². The van der Waals surface area contributed by atoms with E-state index < -0.39 is 12.5 Å². The predicted molar refractivity (Wildman–Crippen MR) is 116 cm³/mol. The minimum Gasteiger partial charge on any atom is -0.394 e. The zero-order valence-corrected chi connectivity index (χ0v) is 19.4. The molecule has 0 bridgehead atoms. The molecule has 2 unspecified atom stereocenters. The zero-order valence-electron chi connectivity index (χ0n) is 19.4. The molecule has 0 aliphatic carbocycles. The van der Waals surface area contributed by atoms with Crippen LogP contribution in [0.3, 0.4) is 0 Å². The summed E-state index contributed by atoms with van der Waals surface area (Å²) >= 11 is 0. The van der Waals surface area contributed by atoms with Gasteiger partial charge in [-0.1, -0.05) is 0 Å². The van der Waals surface area contributed by atoms with Crippen molar-refractivity contribution in [2.75, 3.05) is 119 Å². The maximum atomic E-state index is 9.77. The van der Waals surface area contributed by atoms with Crippen LogP contribution in [0.15, 0.2) is 0 Å². The summed E-state index contributed by atoms with van der Waals surface area (Å²) in [7, 11) is 0. The fourth-order valence-corrected chi connectivity index (χ4v) is 2.16. The first-order chi connectivity index (χ1) is 16.2. The van der Waals surface area contributed by atoms with Crippen LogP contribution in [0.5, 0.6) is 0 Å². The molecule has 0 spiro atoms. The number of aliphatic hydroxyl groups is 4. The Hall–Kier alpha value is -0.520. The summed E-state index contributed by atoms with van der Waals surface area (Å²) in [6, 6.07) is 0. The quantitative estimate of drug-likeness (QED) is 0.0571. The first kappa shape index (κ1) is 32.5. The summed E-state index contributed by atoms with van der Waals surface area (Å²) in [4.78, 5) is 0. The van der Waals surface area contributed by atoms with Gasteiger partial charge in [0.1, 0.15) is 12.5 Å². The van der Waals surface area contributed by atoms with Crippen molar-refractivity contribution in [2.45, 2.75) is 12.5 Å². The van der Waals surface area contributed by atoms with Gasteiger partial charge < -0.3 is 58.3 Å². The van der Waals surface area contributed by atoms with Crippen molar-refractivity contribution in [1.82, 2.24) is 5.32 Å². The van der Waals surface area contributed by atoms with Gasteiger partial charge in [0.15, 0.2) is 0 Å². The number of aliphatic hydroxyl groups excluding tert-OH is 4. The molecule has 0 aromatic carbocycles. The van der Waals surface area contributed by atoms with E-state index in [1.165, 1.54) is 0 Å². The molecule has 0 rings (SSSR count). The molecule has 13 nitrogen and oxygen atoms in total. The highest BCUT2D eigenvalue weighted by atomic mass is 16.6. The van der Waals surface area contributed by atoms with E-state index in [4.69, 9.17) is 48.1 Å². The van der Waals surface area contributed by atoms with Crippen LogP contribution in [0.4, 0.5) is 0 Å². The molecule has 2 atom stereocenters. The van der Waals surface area contributed by atoms with Crippen LogP contribution in [0, 0.1) is 0 Å². The number of ether oxygens (including phenoxy) is 8. The Balaban J connectivity index is 3.28. The zero-order chi connectivity index (χ0) is 24.2. The molecule has 200 valence electrons. The fraction of sp³-hybridized carbons (Fsp3) is 1.00. The highest BCUT2D eigenvalue weighted by Crippen LogP contribution is 1.89. The lowest BCUT2D eigenvalue weighted by Gasteiger charge is -2.18. The summed E-state index contributed by atoms with van der Waals surface area (Å²) < 4.78 is 41.8. The van der Waals surface area contributed by atoms with Crippen molar-refractivity contribution in [3.8, 4) is 0 Å². The lowest BCUT2D eigenvalue weighted by molar-refractivity contribution is -0.0614. The number of nitrogens with one attached hydrogen (secondary N) is 1. The standard InChI is InChI=1S/C20H43NO12/c22-1-3-26-5-7-28-9-11-30-13-15-32-17-19(24)21-20(25)18-33-16-14-31-12-10-29-8-6-27-4-2-23/h19-25H,1-18H2. The first-order valence-corrected chi connectivity index (χ1v) is 11.2. The van der Waals surface area contributed by atoms with E-state index in [1.807, 2.05) is 0 Å². The Kier molecular flexibility index (Phi) is 27.3. The smallest absolute Gasteiger partial charge is 0.130 e. The van der Waals surface area contributed by atoms with Crippen LogP contribution in [0.2, 0.25) is 0 Å². The average molecular weight is 490 g/mol. The molecule has 0 radical (unpaired) electrons. The average Bonchev–Trinajstić information content (AvgIpc) is 2.80. The maximum absolute atomic E-state index is 9.77. The van der Waals surface area contributed by atoms with Crippen molar-refractivity contribution < 1.29 is 58.3 Å². The molecule has 0 amide bonds. The Morgan fingerprint density at radius 1 is 0.394 bits per heavy atom. The molecule has 0 aromatic heterocycles. The molecule has 0 heterocycles. The Labute approximate surface area is 195 Å². The Morgan fingerprint density at radius 3 is 0.909 bits per heavy atom. The maximum Gasteiger partial charge on any atom is 0.130 e. The van der Waals surface area contributed by atoms with E-state index in [0.717, 1.165) is 0 Å². The summed E-state index contributed by atoms with van der Waals surface area (Å²) in [6.45, 7) is 5.31. The van der Waals surface area contributed by atoms with E-state index in [1.54, 1.807) is 0 Å². The number of hydrogen-bond acceptors (Lipinski definition) is 13. The van der Waals surface area contributed by atoms with Gasteiger partial charge in [-0.25, -0.2) is 0 Å². The monoisotopic (exact) mass is 489 g/mol. The summed E-state index contributed by atoms with van der Waals surface area (Å²) in [5, 5.41) is 39.2. The molecular formula is C20H43NO12. The summed E-state index contributed by atoms with van der Waals surface area (Å²) in [6.07, 6.45) is -2.08. The second-order valence-electron chi connectivity index (χ2n) is 6.47. The van der Waals surface area contributed by atoms with Gasteiger partial charge in [0.25, 0.3) is 0 Å². The Bertz CT molecular complexity index is 338. The van der Waals surface area contributed by atoms with Crippen LogP contribution in [0.25, 0.3) is 0 Å². The van der Waals surface area contributed by atoms with Gasteiger partial charge in [-0.2, -0.15) is 0 Å². The lowest BCUT2D eigenvalue weighted by Crippen LogP contribution is -2.43. The molecule has 0 saturated carbocycles. The van der Waals surface area contributed by atoms with Crippen LogP contribution < -0.4 is 5.32 Å². The molecule has 0 fully saturated rings. The SMILES string of the molecule is OCCOCCOCCOCCOCC(O)NC(O)COCCOCCOCCOCCO. The molecule has 0 aromatic rings. The van der Waals surface area contributed by atoms with Crippen LogP contribution in [-0.2, 0) is 37.9 Å². The van der Waals surface area contributed by atoms with E-state index in [-0.39, 0.29) is 26.4 Å². The predicted octanol–water partition coefficient (Wildman–Crippen LogP) is -2.67.